The zero-order chi connectivity index (χ0) is 8.43. The smallest absolute Gasteiger partial charge is 0.219 e. The first-order valence-electron chi connectivity index (χ1n) is 3.77. The molecule has 0 saturated carbocycles. The lowest BCUT2D eigenvalue weighted by Crippen LogP contribution is -2.09. The topological polar surface area (TPSA) is 24.7 Å². The van der Waals surface area contributed by atoms with Gasteiger partial charge in [0.2, 0.25) is 5.11 Å². The molecule has 1 rings (SSSR count). The quantitative estimate of drug-likeness (QED) is 0.580. The SMILES string of the molecule is CC1=NC(=S)N=C1CC(C)C. The Morgan fingerprint density at radius 2 is 2.00 bits per heavy atom. The normalized spacial score (nSPS) is 17.3. The molecule has 0 aliphatic carbocycles. The lowest BCUT2D eigenvalue weighted by atomic mass is 10.0. The van der Waals surface area contributed by atoms with Gasteiger partial charge < -0.3 is 0 Å². The van der Waals surface area contributed by atoms with Crippen molar-refractivity contribution in [3.05, 3.63) is 0 Å². The van der Waals surface area contributed by atoms with Gasteiger partial charge >= 0.3 is 0 Å². The average molecular weight is 168 g/mol. The molecule has 0 N–H and O–H groups in total. The first kappa shape index (κ1) is 8.53. The van der Waals surface area contributed by atoms with Gasteiger partial charge in [-0.05, 0) is 31.5 Å². The van der Waals surface area contributed by atoms with E-state index in [9.17, 15) is 0 Å². The van der Waals surface area contributed by atoms with Crippen molar-refractivity contribution in [3.8, 4) is 0 Å². The van der Waals surface area contributed by atoms with Crippen molar-refractivity contribution >= 4 is 28.8 Å². The molecule has 1 aliphatic rings. The van der Waals surface area contributed by atoms with Crippen molar-refractivity contribution in [2.24, 2.45) is 15.9 Å². The van der Waals surface area contributed by atoms with E-state index in [-0.39, 0.29) is 0 Å². The van der Waals surface area contributed by atoms with Crippen LogP contribution in [0.3, 0.4) is 0 Å². The fourth-order valence-corrected chi connectivity index (χ4v) is 1.26. The highest BCUT2D eigenvalue weighted by Gasteiger charge is 2.13. The first-order valence-corrected chi connectivity index (χ1v) is 4.17. The Kier molecular flexibility index (Phi) is 2.49. The Morgan fingerprint density at radius 1 is 1.36 bits per heavy atom. The van der Waals surface area contributed by atoms with E-state index >= 15 is 0 Å². The molecule has 0 radical (unpaired) electrons. The summed E-state index contributed by atoms with van der Waals surface area (Å²) in [4.78, 5) is 8.22. The van der Waals surface area contributed by atoms with Crippen LogP contribution in [0.15, 0.2) is 9.98 Å². The second-order valence-corrected chi connectivity index (χ2v) is 3.50. The molecule has 1 aliphatic heterocycles. The predicted octanol–water partition coefficient (Wildman–Crippen LogP) is 2.23. The van der Waals surface area contributed by atoms with E-state index in [1.54, 1.807) is 0 Å². The van der Waals surface area contributed by atoms with Crippen LogP contribution in [0.2, 0.25) is 0 Å². The van der Waals surface area contributed by atoms with Crippen molar-refractivity contribution < 1.29 is 0 Å². The Labute approximate surface area is 72.4 Å². The van der Waals surface area contributed by atoms with E-state index < -0.39 is 0 Å². The summed E-state index contributed by atoms with van der Waals surface area (Å²) in [6.45, 7) is 6.29. The highest BCUT2D eigenvalue weighted by molar-refractivity contribution is 7.80. The zero-order valence-corrected chi connectivity index (χ0v) is 7.90. The standard InChI is InChI=1S/C8H12N2S/c1-5(2)4-7-6(3)9-8(11)10-7/h5H,4H2,1-3H3. The van der Waals surface area contributed by atoms with Crippen LogP contribution in [0.5, 0.6) is 0 Å². The second kappa shape index (κ2) is 3.22. The fraction of sp³-hybridized carbons (Fsp3) is 0.625. The van der Waals surface area contributed by atoms with Crippen LogP contribution in [0, 0.1) is 5.92 Å². The summed E-state index contributed by atoms with van der Waals surface area (Å²) in [5.41, 5.74) is 2.05. The van der Waals surface area contributed by atoms with Gasteiger partial charge in [0.15, 0.2) is 0 Å². The van der Waals surface area contributed by atoms with Crippen molar-refractivity contribution in [2.75, 3.05) is 0 Å². The number of nitrogens with zero attached hydrogens (tertiary/aromatic N) is 2. The Bertz CT molecular complexity index is 238. The molecule has 0 spiro atoms. The molecule has 0 aromatic carbocycles. The molecule has 60 valence electrons. The minimum atomic E-state index is 0.484. The highest BCUT2D eigenvalue weighted by Crippen LogP contribution is 2.08. The lowest BCUT2D eigenvalue weighted by molar-refractivity contribution is 0.687. The number of aliphatic imine (C=N–C) groups is 2. The summed E-state index contributed by atoms with van der Waals surface area (Å²) >= 11 is 4.85. The molecule has 2 nitrogen and oxygen atoms in total. The maximum atomic E-state index is 4.85. The van der Waals surface area contributed by atoms with Crippen LogP contribution in [-0.4, -0.2) is 16.5 Å². The summed E-state index contributed by atoms with van der Waals surface area (Å²) in [6.07, 6.45) is 0.982. The maximum absolute atomic E-state index is 4.85. The van der Waals surface area contributed by atoms with E-state index in [0.717, 1.165) is 17.8 Å². The van der Waals surface area contributed by atoms with Crippen LogP contribution in [0.4, 0.5) is 0 Å². The van der Waals surface area contributed by atoms with Gasteiger partial charge in [0, 0.05) is 0 Å². The van der Waals surface area contributed by atoms with Gasteiger partial charge in [0.05, 0.1) is 11.4 Å². The molecular weight excluding hydrogens is 156 g/mol. The Balaban J connectivity index is 2.68. The van der Waals surface area contributed by atoms with E-state index in [0.29, 0.717) is 11.0 Å². The third kappa shape index (κ3) is 2.19. The lowest BCUT2D eigenvalue weighted by Gasteiger charge is -2.02. The minimum Gasteiger partial charge on any atom is -0.222 e. The van der Waals surface area contributed by atoms with E-state index in [1.807, 2.05) is 6.92 Å². The van der Waals surface area contributed by atoms with Gasteiger partial charge in [0.1, 0.15) is 0 Å². The summed E-state index contributed by atoms with van der Waals surface area (Å²) in [6, 6.07) is 0. The zero-order valence-electron chi connectivity index (χ0n) is 7.09. The number of rotatable bonds is 2. The summed E-state index contributed by atoms with van der Waals surface area (Å²) in [7, 11) is 0. The maximum Gasteiger partial charge on any atom is 0.219 e. The Hall–Kier alpha value is -0.570. The van der Waals surface area contributed by atoms with Gasteiger partial charge in [-0.1, -0.05) is 13.8 Å². The molecule has 0 amide bonds. The molecule has 3 heteroatoms. The molecular formula is C8H12N2S. The third-order valence-electron chi connectivity index (χ3n) is 1.51. The van der Waals surface area contributed by atoms with E-state index in [2.05, 4.69) is 23.8 Å². The fourth-order valence-electron chi connectivity index (χ4n) is 1.01. The molecule has 11 heavy (non-hydrogen) atoms. The molecule has 0 aromatic rings. The van der Waals surface area contributed by atoms with Crippen molar-refractivity contribution in [1.82, 2.24) is 0 Å². The van der Waals surface area contributed by atoms with Crippen molar-refractivity contribution in [3.63, 3.8) is 0 Å². The van der Waals surface area contributed by atoms with Crippen molar-refractivity contribution in [1.29, 1.82) is 0 Å². The highest BCUT2D eigenvalue weighted by atomic mass is 32.1. The van der Waals surface area contributed by atoms with E-state index in [1.165, 1.54) is 0 Å². The largest absolute Gasteiger partial charge is 0.222 e. The van der Waals surface area contributed by atoms with Gasteiger partial charge in [-0.25, -0.2) is 9.98 Å². The van der Waals surface area contributed by atoms with Crippen LogP contribution in [0.25, 0.3) is 0 Å². The molecule has 1 heterocycles. The molecule has 0 aromatic heterocycles. The van der Waals surface area contributed by atoms with Gasteiger partial charge in [0.25, 0.3) is 0 Å². The third-order valence-corrected chi connectivity index (χ3v) is 1.70. The number of hydrogen-bond donors (Lipinski definition) is 0. The molecule has 0 bridgehead atoms. The number of hydrogen-bond acceptors (Lipinski definition) is 1. The monoisotopic (exact) mass is 168 g/mol. The molecule has 0 unspecified atom stereocenters. The predicted molar refractivity (Wildman–Crippen MR) is 52.6 cm³/mol. The molecule has 0 fully saturated rings. The van der Waals surface area contributed by atoms with Crippen LogP contribution < -0.4 is 0 Å². The minimum absolute atomic E-state index is 0.484. The second-order valence-electron chi connectivity index (χ2n) is 3.14. The van der Waals surface area contributed by atoms with Gasteiger partial charge in [-0.3, -0.25) is 0 Å². The van der Waals surface area contributed by atoms with Crippen molar-refractivity contribution in [2.45, 2.75) is 27.2 Å². The average Bonchev–Trinajstić information content (AvgIpc) is 2.09. The summed E-state index contributed by atoms with van der Waals surface area (Å²) < 4.78 is 0. The van der Waals surface area contributed by atoms with E-state index in [4.69, 9.17) is 12.2 Å². The van der Waals surface area contributed by atoms with Crippen LogP contribution >= 0.6 is 12.2 Å². The molecule has 0 atom stereocenters. The van der Waals surface area contributed by atoms with Crippen LogP contribution in [-0.2, 0) is 0 Å². The van der Waals surface area contributed by atoms with Crippen LogP contribution in [0.1, 0.15) is 27.2 Å². The summed E-state index contributed by atoms with van der Waals surface area (Å²) in [5, 5.41) is 0.484. The molecule has 0 saturated heterocycles. The van der Waals surface area contributed by atoms with Gasteiger partial charge in [-0.2, -0.15) is 0 Å². The first-order chi connectivity index (χ1) is 5.09. The van der Waals surface area contributed by atoms with Gasteiger partial charge in [-0.15, -0.1) is 0 Å². The number of thiocarbonyl (C=S) groups is 1. The summed E-state index contributed by atoms with van der Waals surface area (Å²) in [5.74, 6) is 0.625. The Morgan fingerprint density at radius 3 is 2.36 bits per heavy atom.